The van der Waals surface area contributed by atoms with Crippen molar-refractivity contribution >= 4 is 21.6 Å². The molecule has 0 fully saturated rings. The van der Waals surface area contributed by atoms with Gasteiger partial charge in [0.25, 0.3) is 5.91 Å². The van der Waals surface area contributed by atoms with Gasteiger partial charge in [-0.1, -0.05) is 30.3 Å². The molecule has 7 nitrogen and oxygen atoms in total. The summed E-state index contributed by atoms with van der Waals surface area (Å²) in [5.41, 5.74) is 2.87. The van der Waals surface area contributed by atoms with E-state index in [4.69, 9.17) is 9.47 Å². The molecule has 8 heteroatoms. The summed E-state index contributed by atoms with van der Waals surface area (Å²) in [6, 6.07) is 21.6. The Hall–Kier alpha value is -3.52. The molecule has 0 unspecified atom stereocenters. The number of hydrogen-bond acceptors (Lipinski definition) is 5. The topological polar surface area (TPSA) is 84.9 Å². The van der Waals surface area contributed by atoms with E-state index >= 15 is 0 Å². The zero-order chi connectivity index (χ0) is 25.4. The molecule has 0 aliphatic rings. The van der Waals surface area contributed by atoms with Crippen molar-refractivity contribution in [2.45, 2.75) is 33.4 Å². The minimum Gasteiger partial charge on any atom is -0.492 e. The number of nitrogens with zero attached hydrogens (tertiary/aromatic N) is 1. The van der Waals surface area contributed by atoms with Gasteiger partial charge in [-0.25, -0.2) is 8.42 Å². The molecule has 3 rings (SSSR count). The SMILES string of the molecule is Cc1cccc(OCCNC(=O)c2ccc(CN(c3cccc(OC(C)C)c3)S(C)(=O)=O)cc2)c1. The predicted molar refractivity (Wildman–Crippen MR) is 139 cm³/mol. The van der Waals surface area contributed by atoms with Crippen molar-refractivity contribution in [3.63, 3.8) is 0 Å². The molecule has 0 heterocycles. The maximum atomic E-state index is 12.5. The first-order valence-corrected chi connectivity index (χ1v) is 13.3. The molecule has 0 saturated heterocycles. The van der Waals surface area contributed by atoms with E-state index in [1.165, 1.54) is 10.6 Å². The molecule has 1 amide bonds. The number of ether oxygens (including phenoxy) is 2. The fourth-order valence-electron chi connectivity index (χ4n) is 3.45. The van der Waals surface area contributed by atoms with Crippen LogP contribution in [-0.2, 0) is 16.6 Å². The number of carbonyl (C=O) groups excluding carboxylic acids is 1. The van der Waals surface area contributed by atoms with Crippen LogP contribution < -0.4 is 19.1 Å². The smallest absolute Gasteiger partial charge is 0.251 e. The maximum Gasteiger partial charge on any atom is 0.251 e. The molecule has 35 heavy (non-hydrogen) atoms. The molecule has 0 aromatic heterocycles. The van der Waals surface area contributed by atoms with E-state index in [9.17, 15) is 13.2 Å². The predicted octanol–water partition coefficient (Wildman–Crippen LogP) is 4.56. The van der Waals surface area contributed by atoms with Crippen LogP contribution in [0, 0.1) is 6.92 Å². The van der Waals surface area contributed by atoms with Crippen molar-refractivity contribution in [2.75, 3.05) is 23.7 Å². The number of aryl methyl sites for hydroxylation is 1. The highest BCUT2D eigenvalue weighted by Crippen LogP contribution is 2.26. The first-order chi connectivity index (χ1) is 16.6. The summed E-state index contributed by atoms with van der Waals surface area (Å²) in [6.45, 7) is 6.68. The summed E-state index contributed by atoms with van der Waals surface area (Å²) < 4.78 is 37.7. The lowest BCUT2D eigenvalue weighted by atomic mass is 10.1. The molecule has 0 aliphatic heterocycles. The van der Waals surface area contributed by atoms with E-state index in [-0.39, 0.29) is 18.6 Å². The summed E-state index contributed by atoms with van der Waals surface area (Å²) in [7, 11) is -3.54. The van der Waals surface area contributed by atoms with Crippen LogP contribution in [-0.4, -0.2) is 39.8 Å². The van der Waals surface area contributed by atoms with Gasteiger partial charge in [-0.2, -0.15) is 0 Å². The Kier molecular flexibility index (Phi) is 8.76. The van der Waals surface area contributed by atoms with Gasteiger partial charge in [-0.05, 0) is 68.3 Å². The maximum absolute atomic E-state index is 12.5. The van der Waals surface area contributed by atoms with Crippen molar-refractivity contribution in [2.24, 2.45) is 0 Å². The van der Waals surface area contributed by atoms with E-state index in [2.05, 4.69) is 5.32 Å². The highest BCUT2D eigenvalue weighted by atomic mass is 32.2. The number of sulfonamides is 1. The van der Waals surface area contributed by atoms with Crippen molar-refractivity contribution in [1.29, 1.82) is 0 Å². The van der Waals surface area contributed by atoms with Crippen LogP contribution in [0.2, 0.25) is 0 Å². The van der Waals surface area contributed by atoms with Crippen LogP contribution in [0.4, 0.5) is 5.69 Å². The fourth-order valence-corrected chi connectivity index (χ4v) is 4.33. The molecule has 0 atom stereocenters. The number of benzene rings is 3. The van der Waals surface area contributed by atoms with Gasteiger partial charge >= 0.3 is 0 Å². The first kappa shape index (κ1) is 26.1. The van der Waals surface area contributed by atoms with Gasteiger partial charge in [0.2, 0.25) is 10.0 Å². The third-order valence-electron chi connectivity index (χ3n) is 5.07. The van der Waals surface area contributed by atoms with E-state index in [1.54, 1.807) is 48.5 Å². The Morgan fingerprint density at radius 2 is 1.66 bits per heavy atom. The van der Waals surface area contributed by atoms with Gasteiger partial charge in [-0.3, -0.25) is 9.10 Å². The van der Waals surface area contributed by atoms with Crippen LogP contribution in [0.15, 0.2) is 72.8 Å². The van der Waals surface area contributed by atoms with Crippen LogP contribution in [0.3, 0.4) is 0 Å². The number of carbonyl (C=O) groups is 1. The second-order valence-corrected chi connectivity index (χ2v) is 10.5. The second-order valence-electron chi connectivity index (χ2n) is 8.55. The Balaban J connectivity index is 1.60. The van der Waals surface area contributed by atoms with Crippen LogP contribution in [0.25, 0.3) is 0 Å². The molecule has 3 aromatic rings. The largest absolute Gasteiger partial charge is 0.492 e. The van der Waals surface area contributed by atoms with Crippen molar-refractivity contribution in [3.05, 3.63) is 89.5 Å². The lowest BCUT2D eigenvalue weighted by Crippen LogP contribution is -2.29. The molecule has 0 aliphatic carbocycles. The first-order valence-electron chi connectivity index (χ1n) is 11.4. The zero-order valence-corrected chi connectivity index (χ0v) is 21.3. The van der Waals surface area contributed by atoms with Gasteiger partial charge in [0.1, 0.15) is 18.1 Å². The lowest BCUT2D eigenvalue weighted by Gasteiger charge is -2.23. The van der Waals surface area contributed by atoms with Crippen LogP contribution in [0.5, 0.6) is 11.5 Å². The summed E-state index contributed by atoms with van der Waals surface area (Å²) >= 11 is 0. The van der Waals surface area contributed by atoms with Gasteiger partial charge in [0, 0.05) is 11.6 Å². The Bertz CT molecular complexity index is 1240. The van der Waals surface area contributed by atoms with Gasteiger partial charge in [0.15, 0.2) is 0 Å². The molecule has 1 N–H and O–H groups in total. The number of hydrogen-bond donors (Lipinski definition) is 1. The molecule has 0 bridgehead atoms. The molecule has 0 saturated carbocycles. The van der Waals surface area contributed by atoms with Crippen molar-refractivity contribution < 1.29 is 22.7 Å². The molecule has 0 spiro atoms. The molecular formula is C27H32N2O5S. The van der Waals surface area contributed by atoms with E-state index in [0.717, 1.165) is 16.9 Å². The summed E-state index contributed by atoms with van der Waals surface area (Å²) in [5.74, 6) is 1.15. The zero-order valence-electron chi connectivity index (χ0n) is 20.5. The number of rotatable bonds is 11. The number of nitrogens with one attached hydrogen (secondary N) is 1. The standard InChI is InChI=1S/C27H32N2O5S/c1-20(2)34-26-10-6-8-24(18-26)29(35(4,31)32)19-22-11-13-23(14-12-22)27(30)28-15-16-33-25-9-5-7-21(3)17-25/h5-14,17-18,20H,15-16,19H2,1-4H3,(H,28,30). The lowest BCUT2D eigenvalue weighted by molar-refractivity contribution is 0.0947. The van der Waals surface area contributed by atoms with Crippen molar-refractivity contribution in [3.8, 4) is 11.5 Å². The average molecular weight is 497 g/mol. The number of amides is 1. The highest BCUT2D eigenvalue weighted by Gasteiger charge is 2.19. The monoisotopic (exact) mass is 496 g/mol. The van der Waals surface area contributed by atoms with Gasteiger partial charge in [-0.15, -0.1) is 0 Å². The number of anilines is 1. The molecular weight excluding hydrogens is 464 g/mol. The molecule has 3 aromatic carbocycles. The fraction of sp³-hybridized carbons (Fsp3) is 0.296. The normalized spacial score (nSPS) is 11.2. The van der Waals surface area contributed by atoms with E-state index < -0.39 is 10.0 Å². The van der Waals surface area contributed by atoms with Crippen LogP contribution >= 0.6 is 0 Å². The summed E-state index contributed by atoms with van der Waals surface area (Å²) in [4.78, 5) is 12.5. The third-order valence-corrected chi connectivity index (χ3v) is 6.21. The van der Waals surface area contributed by atoms with Crippen molar-refractivity contribution in [1.82, 2.24) is 5.32 Å². The van der Waals surface area contributed by atoms with Crippen LogP contribution in [0.1, 0.15) is 35.3 Å². The summed E-state index contributed by atoms with van der Waals surface area (Å²) in [6.07, 6.45) is 1.15. The van der Waals surface area contributed by atoms with Gasteiger partial charge < -0.3 is 14.8 Å². The molecule has 186 valence electrons. The molecule has 0 radical (unpaired) electrons. The van der Waals surface area contributed by atoms with E-state index in [1.807, 2.05) is 45.0 Å². The van der Waals surface area contributed by atoms with Gasteiger partial charge in [0.05, 0.1) is 31.1 Å². The second kappa shape index (κ2) is 11.8. The minimum absolute atomic E-state index is 0.0234. The Morgan fingerprint density at radius 3 is 2.31 bits per heavy atom. The third kappa shape index (κ3) is 8.03. The quantitative estimate of drug-likeness (QED) is 0.394. The minimum atomic E-state index is -3.54. The Labute approximate surface area is 207 Å². The Morgan fingerprint density at radius 1 is 0.971 bits per heavy atom. The highest BCUT2D eigenvalue weighted by molar-refractivity contribution is 7.92. The van der Waals surface area contributed by atoms with E-state index in [0.29, 0.717) is 30.2 Å². The average Bonchev–Trinajstić information content (AvgIpc) is 2.79. The summed E-state index contributed by atoms with van der Waals surface area (Å²) in [5, 5.41) is 2.83.